The van der Waals surface area contributed by atoms with Crippen LogP contribution in [0.4, 0.5) is 0 Å². The average Bonchev–Trinajstić information content (AvgIpc) is 2.95. The minimum Gasteiger partial charge on any atom is -0.383 e. The van der Waals surface area contributed by atoms with Crippen LogP contribution in [0.15, 0.2) is 35.7 Å². The summed E-state index contributed by atoms with van der Waals surface area (Å²) < 4.78 is 5.13. The Morgan fingerprint density at radius 3 is 2.45 bits per heavy atom. The van der Waals surface area contributed by atoms with Gasteiger partial charge < -0.3 is 19.4 Å². The number of rotatable bonds is 6. The van der Waals surface area contributed by atoms with Crippen molar-refractivity contribution in [3.05, 3.63) is 46.8 Å². The molecular weight excluding hydrogens is 394 g/mol. The molecule has 0 bridgehead atoms. The number of ketones is 2. The molecule has 0 N–H and O–H groups in total. The standard InChI is InChI=1S/C21H26ClN3O4/c1-23-8-5-9-24(11-10-23)18-19(25(12-13-29-2)17(26)14-22)21(28)16-7-4-3-6-15(16)20(18)27/h3-4,6-7H,5,8-14H2,1-2H3. The number of Topliss-reactive ketones (excluding diaryl/α,β-unsaturated/α-hetero) is 2. The van der Waals surface area contributed by atoms with E-state index in [2.05, 4.69) is 4.90 Å². The van der Waals surface area contributed by atoms with Gasteiger partial charge in [0.15, 0.2) is 0 Å². The molecule has 156 valence electrons. The van der Waals surface area contributed by atoms with Crippen LogP contribution in [0, 0.1) is 0 Å². The maximum atomic E-state index is 13.5. The molecule has 3 rings (SSSR count). The number of carbonyl (C=O) groups is 3. The van der Waals surface area contributed by atoms with Gasteiger partial charge in [-0.15, -0.1) is 11.6 Å². The first kappa shape index (κ1) is 21.5. The van der Waals surface area contributed by atoms with Gasteiger partial charge in [-0.25, -0.2) is 0 Å². The molecule has 1 fully saturated rings. The number of fused-ring (bicyclic) bond motifs is 1. The van der Waals surface area contributed by atoms with Crippen molar-refractivity contribution in [3.8, 4) is 0 Å². The molecule has 1 aromatic carbocycles. The number of benzene rings is 1. The van der Waals surface area contributed by atoms with E-state index in [0.29, 0.717) is 29.9 Å². The first-order valence-electron chi connectivity index (χ1n) is 9.71. The fourth-order valence-electron chi connectivity index (χ4n) is 3.78. The molecule has 2 aliphatic rings. The second kappa shape index (κ2) is 9.52. The van der Waals surface area contributed by atoms with E-state index in [0.717, 1.165) is 19.5 Å². The Labute approximate surface area is 175 Å². The third-order valence-corrected chi connectivity index (χ3v) is 5.54. The number of likely N-dealkylation sites (N-methyl/N-ethyl adjacent to an activating group) is 1. The number of ether oxygens (including phenoxy) is 1. The van der Waals surface area contributed by atoms with Crippen molar-refractivity contribution in [3.63, 3.8) is 0 Å². The molecule has 1 saturated heterocycles. The smallest absolute Gasteiger partial charge is 0.242 e. The largest absolute Gasteiger partial charge is 0.383 e. The summed E-state index contributed by atoms with van der Waals surface area (Å²) in [5.41, 5.74) is 1.09. The third kappa shape index (κ3) is 4.37. The molecule has 1 aromatic rings. The summed E-state index contributed by atoms with van der Waals surface area (Å²) in [6.07, 6.45) is 0.859. The van der Waals surface area contributed by atoms with Gasteiger partial charge in [0, 0.05) is 44.4 Å². The minimum absolute atomic E-state index is 0.112. The highest BCUT2D eigenvalue weighted by molar-refractivity contribution is 6.30. The molecular formula is C21H26ClN3O4. The van der Waals surface area contributed by atoms with E-state index in [1.54, 1.807) is 24.3 Å². The third-order valence-electron chi connectivity index (χ3n) is 5.31. The van der Waals surface area contributed by atoms with E-state index >= 15 is 0 Å². The predicted octanol–water partition coefficient (Wildman–Crippen LogP) is 1.63. The molecule has 1 aliphatic carbocycles. The first-order chi connectivity index (χ1) is 14.0. The fraction of sp³-hybridized carbons (Fsp3) is 0.476. The van der Waals surface area contributed by atoms with E-state index < -0.39 is 5.91 Å². The van der Waals surface area contributed by atoms with Gasteiger partial charge in [0.2, 0.25) is 17.5 Å². The number of hydrogen-bond acceptors (Lipinski definition) is 6. The van der Waals surface area contributed by atoms with Crippen LogP contribution in [0.25, 0.3) is 0 Å². The average molecular weight is 420 g/mol. The summed E-state index contributed by atoms with van der Waals surface area (Å²) in [5.74, 6) is -1.28. The number of methoxy groups -OCH3 is 1. The van der Waals surface area contributed by atoms with E-state index in [-0.39, 0.29) is 36.3 Å². The van der Waals surface area contributed by atoms with Crippen molar-refractivity contribution in [2.75, 3.05) is 59.4 Å². The van der Waals surface area contributed by atoms with Gasteiger partial charge in [-0.05, 0) is 20.0 Å². The van der Waals surface area contributed by atoms with Gasteiger partial charge in [0.1, 0.15) is 17.3 Å². The Balaban J connectivity index is 2.15. The summed E-state index contributed by atoms with van der Waals surface area (Å²) >= 11 is 5.84. The van der Waals surface area contributed by atoms with Crippen LogP contribution in [0.1, 0.15) is 27.1 Å². The topological polar surface area (TPSA) is 70.2 Å². The van der Waals surface area contributed by atoms with Gasteiger partial charge in [-0.3, -0.25) is 14.4 Å². The lowest BCUT2D eigenvalue weighted by molar-refractivity contribution is -0.127. The summed E-state index contributed by atoms with van der Waals surface area (Å²) in [6.45, 7) is 3.29. The second-order valence-electron chi connectivity index (χ2n) is 7.22. The zero-order valence-electron chi connectivity index (χ0n) is 16.8. The molecule has 0 aromatic heterocycles. The van der Waals surface area contributed by atoms with E-state index in [1.807, 2.05) is 11.9 Å². The lowest BCUT2D eigenvalue weighted by Crippen LogP contribution is -2.45. The number of allylic oxidation sites excluding steroid dienone is 2. The lowest BCUT2D eigenvalue weighted by atomic mass is 9.88. The monoisotopic (exact) mass is 419 g/mol. The molecule has 0 unspecified atom stereocenters. The Morgan fingerprint density at radius 1 is 1.10 bits per heavy atom. The van der Waals surface area contributed by atoms with Gasteiger partial charge in [0.25, 0.3) is 0 Å². The van der Waals surface area contributed by atoms with Crippen molar-refractivity contribution in [1.29, 1.82) is 0 Å². The second-order valence-corrected chi connectivity index (χ2v) is 7.48. The van der Waals surface area contributed by atoms with E-state index in [4.69, 9.17) is 16.3 Å². The maximum Gasteiger partial charge on any atom is 0.242 e. The van der Waals surface area contributed by atoms with Gasteiger partial charge in [-0.1, -0.05) is 24.3 Å². The van der Waals surface area contributed by atoms with Gasteiger partial charge in [-0.2, -0.15) is 0 Å². The molecule has 1 amide bonds. The highest BCUT2D eigenvalue weighted by atomic mass is 35.5. The summed E-state index contributed by atoms with van der Waals surface area (Å²) in [7, 11) is 3.55. The number of halogens is 1. The molecule has 0 radical (unpaired) electrons. The molecule has 0 saturated carbocycles. The molecule has 8 heteroatoms. The predicted molar refractivity (Wildman–Crippen MR) is 110 cm³/mol. The van der Waals surface area contributed by atoms with Crippen molar-refractivity contribution in [2.24, 2.45) is 0 Å². The number of hydrogen-bond donors (Lipinski definition) is 0. The first-order valence-corrected chi connectivity index (χ1v) is 10.2. The number of carbonyl (C=O) groups excluding carboxylic acids is 3. The fourth-order valence-corrected chi connectivity index (χ4v) is 3.92. The Hall–Kier alpha value is -2.22. The number of nitrogens with zero attached hydrogens (tertiary/aromatic N) is 3. The lowest BCUT2D eigenvalue weighted by Gasteiger charge is -2.34. The normalized spacial score (nSPS) is 18.0. The molecule has 29 heavy (non-hydrogen) atoms. The maximum absolute atomic E-state index is 13.5. The highest BCUT2D eigenvalue weighted by Gasteiger charge is 2.39. The molecule has 1 aliphatic heterocycles. The minimum atomic E-state index is -0.427. The molecule has 7 nitrogen and oxygen atoms in total. The zero-order valence-corrected chi connectivity index (χ0v) is 17.6. The number of amides is 1. The van der Waals surface area contributed by atoms with Crippen molar-refractivity contribution in [1.82, 2.24) is 14.7 Å². The van der Waals surface area contributed by atoms with Crippen molar-refractivity contribution in [2.45, 2.75) is 6.42 Å². The Morgan fingerprint density at radius 2 is 1.79 bits per heavy atom. The zero-order chi connectivity index (χ0) is 21.0. The summed E-state index contributed by atoms with van der Waals surface area (Å²) in [6, 6.07) is 6.76. The SMILES string of the molecule is COCCN(C(=O)CCl)C1=C(N2CCCN(C)CC2)C(=O)c2ccccc2C1=O. The van der Waals surface area contributed by atoms with Crippen molar-refractivity contribution >= 4 is 29.1 Å². The number of alkyl halides is 1. The van der Waals surface area contributed by atoms with Crippen LogP contribution in [0.5, 0.6) is 0 Å². The highest BCUT2D eigenvalue weighted by Crippen LogP contribution is 2.31. The van der Waals surface area contributed by atoms with E-state index in [9.17, 15) is 14.4 Å². The molecule has 0 atom stereocenters. The molecule has 1 heterocycles. The summed E-state index contributed by atoms with van der Waals surface area (Å²) in [5, 5.41) is 0. The summed E-state index contributed by atoms with van der Waals surface area (Å²) in [4.78, 5) is 45.0. The van der Waals surface area contributed by atoms with Gasteiger partial charge >= 0.3 is 0 Å². The van der Waals surface area contributed by atoms with Crippen LogP contribution in [0.2, 0.25) is 0 Å². The Kier molecular flexibility index (Phi) is 7.05. The van der Waals surface area contributed by atoms with Crippen LogP contribution in [-0.4, -0.2) is 91.5 Å². The quantitative estimate of drug-likeness (QED) is 0.653. The van der Waals surface area contributed by atoms with Gasteiger partial charge in [0.05, 0.1) is 6.61 Å². The van der Waals surface area contributed by atoms with Crippen LogP contribution < -0.4 is 0 Å². The Bertz CT molecular complexity index is 839. The van der Waals surface area contributed by atoms with E-state index in [1.165, 1.54) is 12.0 Å². The van der Waals surface area contributed by atoms with Crippen molar-refractivity contribution < 1.29 is 19.1 Å². The van der Waals surface area contributed by atoms with Crippen LogP contribution in [-0.2, 0) is 9.53 Å². The van der Waals surface area contributed by atoms with Crippen LogP contribution >= 0.6 is 11.6 Å². The molecule has 0 spiro atoms. The van der Waals surface area contributed by atoms with Crippen LogP contribution in [0.3, 0.4) is 0 Å².